The van der Waals surface area contributed by atoms with Crippen LogP contribution in [0.4, 0.5) is 4.79 Å². The lowest BCUT2D eigenvalue weighted by molar-refractivity contribution is 0.00902. The maximum Gasteiger partial charge on any atom is 0.410 e. The van der Waals surface area contributed by atoms with Crippen molar-refractivity contribution in [2.75, 3.05) is 6.54 Å². The molecule has 2 fully saturated rings. The standard InChI is InChI=1S/C17H32N2O2/c1-12(10-14-6-7-14)18-15-8-9-19(13(2)11-15)16(20)21-17(3,4)5/h12-15,18H,6-11H2,1-5H3. The van der Waals surface area contributed by atoms with Crippen molar-refractivity contribution in [3.63, 3.8) is 0 Å². The minimum Gasteiger partial charge on any atom is -0.444 e. The van der Waals surface area contributed by atoms with E-state index in [1.165, 1.54) is 19.3 Å². The molecule has 3 atom stereocenters. The number of rotatable bonds is 4. The van der Waals surface area contributed by atoms with Crippen molar-refractivity contribution in [1.82, 2.24) is 10.2 Å². The van der Waals surface area contributed by atoms with Gasteiger partial charge in [-0.2, -0.15) is 0 Å². The fraction of sp³-hybridized carbons (Fsp3) is 0.941. The third kappa shape index (κ3) is 5.50. The van der Waals surface area contributed by atoms with Crippen LogP contribution >= 0.6 is 0 Å². The van der Waals surface area contributed by atoms with Gasteiger partial charge in [0, 0.05) is 24.7 Å². The maximum absolute atomic E-state index is 12.2. The number of nitrogens with one attached hydrogen (secondary N) is 1. The third-order valence-electron chi connectivity index (χ3n) is 4.41. The van der Waals surface area contributed by atoms with E-state index in [9.17, 15) is 4.79 Å². The van der Waals surface area contributed by atoms with Crippen LogP contribution in [0, 0.1) is 5.92 Å². The van der Waals surface area contributed by atoms with Crippen molar-refractivity contribution in [1.29, 1.82) is 0 Å². The highest BCUT2D eigenvalue weighted by Crippen LogP contribution is 2.33. The molecule has 1 saturated carbocycles. The zero-order valence-corrected chi connectivity index (χ0v) is 14.3. The van der Waals surface area contributed by atoms with E-state index in [1.807, 2.05) is 25.7 Å². The van der Waals surface area contributed by atoms with Gasteiger partial charge in [0.25, 0.3) is 0 Å². The zero-order valence-electron chi connectivity index (χ0n) is 14.3. The molecule has 0 bridgehead atoms. The second-order valence-electron chi connectivity index (χ2n) is 7.99. The maximum atomic E-state index is 12.2. The minimum atomic E-state index is -0.412. The monoisotopic (exact) mass is 296 g/mol. The van der Waals surface area contributed by atoms with E-state index in [0.717, 1.165) is 25.3 Å². The van der Waals surface area contributed by atoms with E-state index in [1.54, 1.807) is 0 Å². The van der Waals surface area contributed by atoms with Gasteiger partial charge in [-0.1, -0.05) is 12.8 Å². The molecule has 0 aromatic carbocycles. The van der Waals surface area contributed by atoms with Crippen LogP contribution in [0.1, 0.15) is 66.7 Å². The van der Waals surface area contributed by atoms with Crippen molar-refractivity contribution in [3.8, 4) is 0 Å². The average molecular weight is 296 g/mol. The highest BCUT2D eigenvalue weighted by Gasteiger charge is 2.32. The van der Waals surface area contributed by atoms with Crippen LogP contribution in [-0.2, 0) is 4.74 Å². The summed E-state index contributed by atoms with van der Waals surface area (Å²) >= 11 is 0. The van der Waals surface area contributed by atoms with Crippen LogP contribution in [-0.4, -0.2) is 41.3 Å². The lowest BCUT2D eigenvalue weighted by Gasteiger charge is -2.39. The van der Waals surface area contributed by atoms with Gasteiger partial charge in [0.15, 0.2) is 0 Å². The first-order valence-electron chi connectivity index (χ1n) is 8.50. The molecule has 0 aromatic heterocycles. The number of hydrogen-bond acceptors (Lipinski definition) is 3. The SMILES string of the molecule is CC(CC1CC1)NC1CCN(C(=O)OC(C)(C)C)C(C)C1. The number of likely N-dealkylation sites (tertiary alicyclic amines) is 1. The van der Waals surface area contributed by atoms with Gasteiger partial charge >= 0.3 is 6.09 Å². The van der Waals surface area contributed by atoms with Crippen LogP contribution in [0.25, 0.3) is 0 Å². The summed E-state index contributed by atoms with van der Waals surface area (Å²) in [6.07, 6.45) is 6.02. The zero-order chi connectivity index (χ0) is 15.6. The van der Waals surface area contributed by atoms with Gasteiger partial charge in [-0.25, -0.2) is 4.79 Å². The summed E-state index contributed by atoms with van der Waals surface area (Å²) in [5.41, 5.74) is -0.412. The van der Waals surface area contributed by atoms with E-state index in [-0.39, 0.29) is 12.1 Å². The minimum absolute atomic E-state index is 0.167. The molecule has 4 nitrogen and oxygen atoms in total. The van der Waals surface area contributed by atoms with Crippen molar-refractivity contribution < 1.29 is 9.53 Å². The van der Waals surface area contributed by atoms with Gasteiger partial charge in [-0.05, 0) is 59.8 Å². The summed E-state index contributed by atoms with van der Waals surface area (Å²) in [5, 5.41) is 3.75. The number of nitrogens with zero attached hydrogens (tertiary/aromatic N) is 1. The second kappa shape index (κ2) is 6.55. The van der Waals surface area contributed by atoms with E-state index in [4.69, 9.17) is 4.74 Å². The topological polar surface area (TPSA) is 41.6 Å². The summed E-state index contributed by atoms with van der Waals surface area (Å²) < 4.78 is 5.49. The summed E-state index contributed by atoms with van der Waals surface area (Å²) in [6.45, 7) is 11.0. The smallest absolute Gasteiger partial charge is 0.410 e. The Labute approximate surface area is 129 Å². The molecule has 2 aliphatic rings. The lowest BCUT2D eigenvalue weighted by atomic mass is 9.97. The van der Waals surface area contributed by atoms with E-state index < -0.39 is 5.60 Å². The van der Waals surface area contributed by atoms with Gasteiger partial charge in [0.2, 0.25) is 0 Å². The largest absolute Gasteiger partial charge is 0.444 e. The summed E-state index contributed by atoms with van der Waals surface area (Å²) in [5.74, 6) is 0.965. The first kappa shape index (κ1) is 16.6. The van der Waals surface area contributed by atoms with Crippen LogP contribution in [0.2, 0.25) is 0 Å². The Morgan fingerprint density at radius 3 is 2.52 bits per heavy atom. The molecule has 0 spiro atoms. The molecule has 1 N–H and O–H groups in total. The molecule has 0 aromatic rings. The Morgan fingerprint density at radius 1 is 1.33 bits per heavy atom. The molecule has 4 heteroatoms. The Bertz CT molecular complexity index is 360. The predicted molar refractivity (Wildman–Crippen MR) is 85.4 cm³/mol. The Kier molecular flexibility index (Phi) is 5.18. The first-order valence-corrected chi connectivity index (χ1v) is 8.50. The Hall–Kier alpha value is -0.770. The number of carbonyl (C=O) groups is 1. The molecule has 1 saturated heterocycles. The summed E-state index contributed by atoms with van der Waals surface area (Å²) in [6, 6.07) is 1.38. The Balaban J connectivity index is 1.76. The molecular formula is C17H32N2O2. The average Bonchev–Trinajstić information content (AvgIpc) is 3.10. The molecule has 0 radical (unpaired) electrons. The number of piperidine rings is 1. The van der Waals surface area contributed by atoms with Crippen LogP contribution in [0.15, 0.2) is 0 Å². The molecule has 1 aliphatic heterocycles. The molecule has 1 heterocycles. The summed E-state index contributed by atoms with van der Waals surface area (Å²) in [7, 11) is 0. The fourth-order valence-corrected chi connectivity index (χ4v) is 3.24. The van der Waals surface area contributed by atoms with Gasteiger partial charge in [0.1, 0.15) is 5.60 Å². The fourth-order valence-electron chi connectivity index (χ4n) is 3.24. The van der Waals surface area contributed by atoms with Crippen LogP contribution in [0.3, 0.4) is 0 Å². The van der Waals surface area contributed by atoms with E-state index in [0.29, 0.717) is 12.1 Å². The van der Waals surface area contributed by atoms with Crippen LogP contribution in [0.5, 0.6) is 0 Å². The Morgan fingerprint density at radius 2 is 2.00 bits per heavy atom. The van der Waals surface area contributed by atoms with Gasteiger partial charge in [-0.3, -0.25) is 0 Å². The molecule has 3 unspecified atom stereocenters. The first-order chi connectivity index (χ1) is 9.74. The van der Waals surface area contributed by atoms with Gasteiger partial charge < -0.3 is 15.0 Å². The summed E-state index contributed by atoms with van der Waals surface area (Å²) in [4.78, 5) is 14.1. The highest BCUT2D eigenvalue weighted by molar-refractivity contribution is 5.68. The molecular weight excluding hydrogens is 264 g/mol. The predicted octanol–water partition coefficient (Wildman–Crippen LogP) is 3.55. The molecule has 1 amide bonds. The third-order valence-corrected chi connectivity index (χ3v) is 4.41. The molecule has 21 heavy (non-hydrogen) atoms. The van der Waals surface area contributed by atoms with Crippen molar-refractivity contribution in [2.24, 2.45) is 5.92 Å². The number of amides is 1. The normalized spacial score (nSPS) is 28.3. The van der Waals surface area contributed by atoms with E-state index >= 15 is 0 Å². The molecule has 122 valence electrons. The lowest BCUT2D eigenvalue weighted by Crippen LogP contribution is -2.52. The number of hydrogen-bond donors (Lipinski definition) is 1. The van der Waals surface area contributed by atoms with Crippen molar-refractivity contribution in [2.45, 2.75) is 90.4 Å². The second-order valence-corrected chi connectivity index (χ2v) is 7.99. The van der Waals surface area contributed by atoms with Gasteiger partial charge in [0.05, 0.1) is 0 Å². The highest BCUT2D eigenvalue weighted by atomic mass is 16.6. The number of ether oxygens (including phenoxy) is 1. The van der Waals surface area contributed by atoms with Crippen LogP contribution < -0.4 is 5.32 Å². The molecule has 2 rings (SSSR count). The van der Waals surface area contributed by atoms with Gasteiger partial charge in [-0.15, -0.1) is 0 Å². The van der Waals surface area contributed by atoms with Crippen molar-refractivity contribution in [3.05, 3.63) is 0 Å². The van der Waals surface area contributed by atoms with Crippen molar-refractivity contribution >= 4 is 6.09 Å². The number of carbonyl (C=O) groups excluding carboxylic acids is 1. The molecule has 1 aliphatic carbocycles. The quantitative estimate of drug-likeness (QED) is 0.862. The van der Waals surface area contributed by atoms with E-state index in [2.05, 4.69) is 19.2 Å².